The molecule has 6 nitrogen and oxygen atoms in total. The molecule has 0 saturated heterocycles. The quantitative estimate of drug-likeness (QED) is 0.0323. The number of unbranched alkanes of at least 4 members (excludes halogenated alkanes) is 22. The fraction of sp³-hybridized carbons (Fsp3) is 0.704. The third-order valence-electron chi connectivity index (χ3n) is 10.8. The first-order valence-electron chi connectivity index (χ1n) is 24.9. The molecule has 0 aliphatic heterocycles. The number of ether oxygens (including phenoxy) is 1. The van der Waals surface area contributed by atoms with Gasteiger partial charge in [0.2, 0.25) is 5.91 Å². The number of aliphatic hydroxyl groups excluding tert-OH is 2. The third-order valence-corrected chi connectivity index (χ3v) is 10.8. The van der Waals surface area contributed by atoms with Crippen LogP contribution in [-0.2, 0) is 14.3 Å². The highest BCUT2D eigenvalue weighted by molar-refractivity contribution is 5.77. The molecule has 1 amide bonds. The van der Waals surface area contributed by atoms with Gasteiger partial charge in [0.15, 0.2) is 0 Å². The lowest BCUT2D eigenvalue weighted by molar-refractivity contribution is -0.151. The minimum absolute atomic E-state index is 0.0344. The smallest absolute Gasteiger partial charge is 0.306 e. The first-order valence-corrected chi connectivity index (χ1v) is 24.9. The van der Waals surface area contributed by atoms with Crippen LogP contribution in [0.15, 0.2) is 85.1 Å². The molecule has 0 aliphatic rings. The molecule has 0 fully saturated rings. The van der Waals surface area contributed by atoms with Gasteiger partial charge in [-0.3, -0.25) is 9.59 Å². The number of allylic oxidation sites excluding steroid dienone is 14. The lowest BCUT2D eigenvalue weighted by Gasteiger charge is -2.24. The number of esters is 1. The Hall–Kier alpha value is -2.96. The Morgan fingerprint density at radius 2 is 0.883 bits per heavy atom. The van der Waals surface area contributed by atoms with Crippen LogP contribution in [0.3, 0.4) is 0 Å². The summed E-state index contributed by atoms with van der Waals surface area (Å²) >= 11 is 0. The topological polar surface area (TPSA) is 95.9 Å². The second kappa shape index (κ2) is 47.1. The molecule has 6 heteroatoms. The number of amides is 1. The van der Waals surface area contributed by atoms with Crippen molar-refractivity contribution in [1.82, 2.24) is 5.32 Å². The summed E-state index contributed by atoms with van der Waals surface area (Å²) in [6, 6.07) is -0.724. The van der Waals surface area contributed by atoms with Crippen LogP contribution in [0, 0.1) is 0 Å². The zero-order valence-corrected chi connectivity index (χ0v) is 39.1. The Kier molecular flexibility index (Phi) is 44.8. The van der Waals surface area contributed by atoms with Crippen LogP contribution in [0.25, 0.3) is 0 Å². The normalized spacial score (nSPS) is 14.0. The van der Waals surface area contributed by atoms with Gasteiger partial charge in [-0.2, -0.15) is 0 Å². The summed E-state index contributed by atoms with van der Waals surface area (Å²) in [4.78, 5) is 26.1. The monoisotopic (exact) mass is 836 g/mol. The molecule has 0 bridgehead atoms. The van der Waals surface area contributed by atoms with Gasteiger partial charge in [0, 0.05) is 6.42 Å². The molecule has 0 spiro atoms. The van der Waals surface area contributed by atoms with Crippen LogP contribution in [0.2, 0.25) is 0 Å². The standard InChI is InChI=1S/C54H93NO5/c1-4-7-10-13-16-19-21-23-25-27-29-31-34-36-39-42-45-50(48-53(58)55-51(49-56)52(57)46-43-40-37-33-18-15-12-9-6-3)60-54(59)47-44-41-38-35-32-30-28-26-24-22-20-17-14-11-8-5-2/h10,13,16,19,21,23,25-32,50-52,56-57H,4-9,11-12,14-15,17-18,20,22,24,33-49H2,1-3H3,(H,55,58)/b13-10+,19-16+,23-21+,27-25+,28-26+,31-29+,32-30+. The molecule has 0 heterocycles. The van der Waals surface area contributed by atoms with E-state index in [1.54, 1.807) is 0 Å². The zero-order chi connectivity index (χ0) is 43.8. The molecule has 0 rings (SSSR count). The minimum Gasteiger partial charge on any atom is -0.462 e. The number of carbonyl (C=O) groups is 2. The molecular weight excluding hydrogens is 743 g/mol. The van der Waals surface area contributed by atoms with Crippen molar-refractivity contribution in [2.45, 2.75) is 238 Å². The Bertz CT molecular complexity index is 1160. The highest BCUT2D eigenvalue weighted by atomic mass is 16.5. The van der Waals surface area contributed by atoms with E-state index in [2.05, 4.69) is 74.7 Å². The highest BCUT2D eigenvalue weighted by Gasteiger charge is 2.24. The Labute approximate surface area is 370 Å². The Morgan fingerprint density at radius 3 is 1.38 bits per heavy atom. The van der Waals surface area contributed by atoms with Crippen LogP contribution >= 0.6 is 0 Å². The summed E-state index contributed by atoms with van der Waals surface area (Å²) in [6.45, 7) is 6.34. The van der Waals surface area contributed by atoms with Crippen molar-refractivity contribution >= 4 is 11.9 Å². The van der Waals surface area contributed by atoms with Gasteiger partial charge in [-0.05, 0) is 70.6 Å². The van der Waals surface area contributed by atoms with Crippen molar-refractivity contribution in [3.8, 4) is 0 Å². The molecule has 344 valence electrons. The van der Waals surface area contributed by atoms with Crippen LogP contribution < -0.4 is 5.32 Å². The summed E-state index contributed by atoms with van der Waals surface area (Å²) in [5.74, 6) is -0.554. The molecule has 3 atom stereocenters. The lowest BCUT2D eigenvalue weighted by Crippen LogP contribution is -2.46. The van der Waals surface area contributed by atoms with Gasteiger partial charge in [-0.1, -0.05) is 221 Å². The van der Waals surface area contributed by atoms with Crippen LogP contribution in [0.5, 0.6) is 0 Å². The molecule has 0 aromatic rings. The predicted octanol–water partition coefficient (Wildman–Crippen LogP) is 14.8. The van der Waals surface area contributed by atoms with E-state index in [-0.39, 0.29) is 24.9 Å². The van der Waals surface area contributed by atoms with E-state index in [4.69, 9.17) is 4.74 Å². The van der Waals surface area contributed by atoms with Gasteiger partial charge in [-0.25, -0.2) is 0 Å². The van der Waals surface area contributed by atoms with Crippen LogP contribution in [0.4, 0.5) is 0 Å². The van der Waals surface area contributed by atoms with Gasteiger partial charge in [0.1, 0.15) is 6.10 Å². The number of hydrogen-bond donors (Lipinski definition) is 3. The van der Waals surface area contributed by atoms with E-state index in [0.29, 0.717) is 19.3 Å². The van der Waals surface area contributed by atoms with E-state index >= 15 is 0 Å². The average molecular weight is 836 g/mol. The number of hydrogen-bond acceptors (Lipinski definition) is 5. The fourth-order valence-electron chi connectivity index (χ4n) is 7.04. The maximum Gasteiger partial charge on any atom is 0.306 e. The fourth-order valence-corrected chi connectivity index (χ4v) is 7.04. The zero-order valence-electron chi connectivity index (χ0n) is 39.1. The van der Waals surface area contributed by atoms with Gasteiger partial charge >= 0.3 is 5.97 Å². The summed E-state index contributed by atoms with van der Waals surface area (Å²) in [5.41, 5.74) is 0. The van der Waals surface area contributed by atoms with E-state index in [1.807, 2.05) is 36.5 Å². The van der Waals surface area contributed by atoms with Gasteiger partial charge in [0.05, 0.1) is 25.2 Å². The first kappa shape index (κ1) is 57.0. The van der Waals surface area contributed by atoms with Crippen molar-refractivity contribution in [3.05, 3.63) is 85.1 Å². The highest BCUT2D eigenvalue weighted by Crippen LogP contribution is 2.16. The number of aliphatic hydroxyl groups is 2. The van der Waals surface area contributed by atoms with E-state index in [9.17, 15) is 19.8 Å². The second-order valence-electron chi connectivity index (χ2n) is 16.7. The molecule has 3 N–H and O–H groups in total. The van der Waals surface area contributed by atoms with Crippen molar-refractivity contribution in [2.24, 2.45) is 0 Å². The van der Waals surface area contributed by atoms with Crippen LogP contribution in [0.1, 0.15) is 220 Å². The molecule has 3 unspecified atom stereocenters. The molecular formula is C54H93NO5. The van der Waals surface area contributed by atoms with Crippen molar-refractivity contribution in [2.75, 3.05) is 6.61 Å². The largest absolute Gasteiger partial charge is 0.462 e. The molecule has 0 saturated carbocycles. The maximum atomic E-state index is 13.2. The Morgan fingerprint density at radius 1 is 0.483 bits per heavy atom. The predicted molar refractivity (Wildman–Crippen MR) is 259 cm³/mol. The SMILES string of the molecule is CCC/C=C/C=C/C=C/C=C/C=C/CCCCCC(CC(=O)NC(CO)C(O)CCCCCCCCCCC)OC(=O)CCCCC/C=C/C=C/CCCCCCCCC. The third kappa shape index (κ3) is 41.8. The molecule has 0 aromatic heterocycles. The van der Waals surface area contributed by atoms with E-state index in [1.165, 1.54) is 89.9 Å². The van der Waals surface area contributed by atoms with Gasteiger partial charge < -0.3 is 20.3 Å². The maximum absolute atomic E-state index is 13.2. The van der Waals surface area contributed by atoms with E-state index < -0.39 is 18.2 Å². The van der Waals surface area contributed by atoms with Gasteiger partial charge in [0.25, 0.3) is 0 Å². The molecule has 0 aromatic carbocycles. The summed E-state index contributed by atoms with van der Waals surface area (Å²) in [7, 11) is 0. The van der Waals surface area contributed by atoms with Gasteiger partial charge in [-0.15, -0.1) is 0 Å². The summed E-state index contributed by atoms with van der Waals surface area (Å²) in [5, 5.41) is 23.6. The van der Waals surface area contributed by atoms with Crippen molar-refractivity contribution in [1.29, 1.82) is 0 Å². The molecule has 0 aliphatic carbocycles. The molecule has 60 heavy (non-hydrogen) atoms. The van der Waals surface area contributed by atoms with Crippen molar-refractivity contribution in [3.63, 3.8) is 0 Å². The average Bonchev–Trinajstić information content (AvgIpc) is 3.24. The Balaban J connectivity index is 4.75. The number of carbonyl (C=O) groups excluding carboxylic acids is 2. The summed E-state index contributed by atoms with van der Waals surface area (Å²) in [6.07, 6.45) is 60.7. The minimum atomic E-state index is -0.807. The number of rotatable bonds is 43. The number of nitrogens with one attached hydrogen (secondary N) is 1. The van der Waals surface area contributed by atoms with E-state index in [0.717, 1.165) is 83.5 Å². The van der Waals surface area contributed by atoms with Crippen LogP contribution in [-0.4, -0.2) is 46.9 Å². The first-order chi connectivity index (χ1) is 29.5. The second-order valence-corrected chi connectivity index (χ2v) is 16.7. The van der Waals surface area contributed by atoms with Crippen molar-refractivity contribution < 1.29 is 24.5 Å². The molecule has 0 radical (unpaired) electrons. The lowest BCUT2D eigenvalue weighted by atomic mass is 10.0. The summed E-state index contributed by atoms with van der Waals surface area (Å²) < 4.78 is 5.89.